The Morgan fingerprint density at radius 1 is 1.41 bits per heavy atom. The van der Waals surface area contributed by atoms with Crippen LogP contribution in [0.4, 0.5) is 5.69 Å². The molecular formula is C13H15ClN2O. The molecule has 0 saturated heterocycles. The van der Waals surface area contributed by atoms with Crippen LogP contribution in [-0.4, -0.2) is 17.3 Å². The summed E-state index contributed by atoms with van der Waals surface area (Å²) in [5.74, 6) is 0. The van der Waals surface area contributed by atoms with Crippen molar-refractivity contribution in [1.29, 1.82) is 5.26 Å². The van der Waals surface area contributed by atoms with Gasteiger partial charge in [-0.2, -0.15) is 5.26 Å². The Balaban J connectivity index is 2.28. The molecular weight excluding hydrogens is 236 g/mol. The number of aliphatic hydroxyl groups is 1. The van der Waals surface area contributed by atoms with Crippen LogP contribution in [-0.2, 0) is 0 Å². The fraction of sp³-hybridized carbons (Fsp3) is 0.462. The minimum atomic E-state index is -0.281. The predicted octanol–water partition coefficient (Wildman–Crippen LogP) is 2.93. The van der Waals surface area contributed by atoms with Gasteiger partial charge in [0.25, 0.3) is 0 Å². The third-order valence-electron chi connectivity index (χ3n) is 3.37. The summed E-state index contributed by atoms with van der Waals surface area (Å²) in [6, 6.07) is 7.28. The van der Waals surface area contributed by atoms with Crippen molar-refractivity contribution >= 4 is 17.3 Å². The van der Waals surface area contributed by atoms with Gasteiger partial charge in [0.05, 0.1) is 23.4 Å². The number of nitrogens with one attached hydrogen (secondary N) is 1. The molecule has 0 bridgehead atoms. The largest absolute Gasteiger partial charge is 0.394 e. The van der Waals surface area contributed by atoms with Crippen molar-refractivity contribution in [3.63, 3.8) is 0 Å². The van der Waals surface area contributed by atoms with E-state index in [2.05, 4.69) is 11.4 Å². The molecule has 0 aromatic heterocycles. The summed E-state index contributed by atoms with van der Waals surface area (Å²) >= 11 is 5.94. The molecule has 3 nitrogen and oxygen atoms in total. The molecule has 17 heavy (non-hydrogen) atoms. The zero-order chi connectivity index (χ0) is 12.3. The summed E-state index contributed by atoms with van der Waals surface area (Å²) in [4.78, 5) is 0. The molecule has 0 unspecified atom stereocenters. The number of halogens is 1. The van der Waals surface area contributed by atoms with E-state index in [-0.39, 0.29) is 12.1 Å². The van der Waals surface area contributed by atoms with Crippen molar-refractivity contribution in [2.45, 2.75) is 31.2 Å². The molecule has 1 aliphatic carbocycles. The summed E-state index contributed by atoms with van der Waals surface area (Å²) in [6.45, 7) is 0.0877. The lowest BCUT2D eigenvalue weighted by Crippen LogP contribution is -2.39. The van der Waals surface area contributed by atoms with Crippen LogP contribution in [0.1, 0.15) is 31.2 Å². The molecule has 2 N–H and O–H groups in total. The van der Waals surface area contributed by atoms with E-state index < -0.39 is 0 Å². The SMILES string of the molecule is N#Cc1ccc(Cl)cc1NC1(CO)CCCC1. The summed E-state index contributed by atoms with van der Waals surface area (Å²) in [7, 11) is 0. The molecule has 90 valence electrons. The zero-order valence-corrected chi connectivity index (χ0v) is 10.3. The van der Waals surface area contributed by atoms with Gasteiger partial charge < -0.3 is 10.4 Å². The Morgan fingerprint density at radius 3 is 2.71 bits per heavy atom. The zero-order valence-electron chi connectivity index (χ0n) is 9.54. The van der Waals surface area contributed by atoms with Gasteiger partial charge in [0, 0.05) is 5.02 Å². The van der Waals surface area contributed by atoms with Gasteiger partial charge in [-0.25, -0.2) is 0 Å². The van der Waals surface area contributed by atoms with Crippen LogP contribution < -0.4 is 5.32 Å². The topological polar surface area (TPSA) is 56.0 Å². The average molecular weight is 251 g/mol. The first kappa shape index (κ1) is 12.2. The Labute approximate surface area is 106 Å². The lowest BCUT2D eigenvalue weighted by atomic mass is 9.97. The lowest BCUT2D eigenvalue weighted by molar-refractivity contribution is 0.214. The maximum atomic E-state index is 9.53. The highest BCUT2D eigenvalue weighted by Crippen LogP contribution is 2.34. The fourth-order valence-corrected chi connectivity index (χ4v) is 2.55. The number of aliphatic hydroxyl groups excluding tert-OH is 1. The Bertz CT molecular complexity index is 447. The van der Waals surface area contributed by atoms with Gasteiger partial charge >= 0.3 is 0 Å². The Morgan fingerprint density at radius 2 is 2.12 bits per heavy atom. The quantitative estimate of drug-likeness (QED) is 0.867. The number of rotatable bonds is 3. The van der Waals surface area contributed by atoms with E-state index in [1.54, 1.807) is 18.2 Å². The average Bonchev–Trinajstić information content (AvgIpc) is 2.79. The lowest BCUT2D eigenvalue weighted by Gasteiger charge is -2.29. The highest BCUT2D eigenvalue weighted by molar-refractivity contribution is 6.30. The molecule has 2 rings (SSSR count). The molecule has 1 fully saturated rings. The number of hydrogen-bond donors (Lipinski definition) is 2. The maximum Gasteiger partial charge on any atom is 0.101 e. The van der Waals surface area contributed by atoms with E-state index in [4.69, 9.17) is 16.9 Å². The van der Waals surface area contributed by atoms with Gasteiger partial charge in [-0.1, -0.05) is 24.4 Å². The summed E-state index contributed by atoms with van der Waals surface area (Å²) in [5, 5.41) is 22.5. The smallest absolute Gasteiger partial charge is 0.101 e. The first-order valence-corrected chi connectivity index (χ1v) is 6.16. The van der Waals surface area contributed by atoms with Crippen molar-refractivity contribution in [1.82, 2.24) is 0 Å². The van der Waals surface area contributed by atoms with Crippen LogP contribution in [0.3, 0.4) is 0 Å². The van der Waals surface area contributed by atoms with E-state index in [1.165, 1.54) is 0 Å². The van der Waals surface area contributed by atoms with Gasteiger partial charge in [0.15, 0.2) is 0 Å². The normalized spacial score (nSPS) is 17.7. The second-order valence-corrected chi connectivity index (χ2v) is 5.01. The second kappa shape index (κ2) is 4.95. The van der Waals surface area contributed by atoms with Gasteiger partial charge in [-0.15, -0.1) is 0 Å². The van der Waals surface area contributed by atoms with Crippen LogP contribution in [0.25, 0.3) is 0 Å². The first-order valence-electron chi connectivity index (χ1n) is 5.78. The Kier molecular flexibility index (Phi) is 3.56. The van der Waals surface area contributed by atoms with E-state index in [0.29, 0.717) is 10.6 Å². The van der Waals surface area contributed by atoms with Crippen molar-refractivity contribution in [3.05, 3.63) is 28.8 Å². The molecule has 0 amide bonds. The number of nitriles is 1. The molecule has 1 aromatic carbocycles. The highest BCUT2D eigenvalue weighted by Gasteiger charge is 2.33. The minimum Gasteiger partial charge on any atom is -0.394 e. The number of hydrogen-bond acceptors (Lipinski definition) is 3. The van der Waals surface area contributed by atoms with Crippen LogP contribution >= 0.6 is 11.6 Å². The van der Waals surface area contributed by atoms with Gasteiger partial charge in [-0.3, -0.25) is 0 Å². The standard InChI is InChI=1S/C13H15ClN2O/c14-11-4-3-10(8-15)12(7-11)16-13(9-17)5-1-2-6-13/h3-4,7,16-17H,1-2,5-6,9H2. The third-order valence-corrected chi connectivity index (χ3v) is 3.60. The molecule has 0 radical (unpaired) electrons. The van der Waals surface area contributed by atoms with E-state index >= 15 is 0 Å². The van der Waals surface area contributed by atoms with Crippen molar-refractivity contribution in [2.75, 3.05) is 11.9 Å². The Hall–Kier alpha value is -1.24. The fourth-order valence-electron chi connectivity index (χ4n) is 2.38. The molecule has 4 heteroatoms. The van der Waals surface area contributed by atoms with Crippen LogP contribution in [0.15, 0.2) is 18.2 Å². The molecule has 1 aliphatic rings. The van der Waals surface area contributed by atoms with Crippen molar-refractivity contribution in [3.8, 4) is 6.07 Å². The minimum absolute atomic E-state index is 0.0877. The maximum absolute atomic E-state index is 9.53. The monoisotopic (exact) mass is 250 g/mol. The van der Waals surface area contributed by atoms with E-state index in [0.717, 1.165) is 31.4 Å². The number of nitrogens with zero attached hydrogens (tertiary/aromatic N) is 1. The van der Waals surface area contributed by atoms with Gasteiger partial charge in [-0.05, 0) is 31.0 Å². The van der Waals surface area contributed by atoms with E-state index in [1.807, 2.05) is 0 Å². The number of benzene rings is 1. The molecule has 1 saturated carbocycles. The molecule has 1 aromatic rings. The molecule has 0 heterocycles. The van der Waals surface area contributed by atoms with Crippen molar-refractivity contribution < 1.29 is 5.11 Å². The highest BCUT2D eigenvalue weighted by atomic mass is 35.5. The number of anilines is 1. The predicted molar refractivity (Wildman–Crippen MR) is 68.1 cm³/mol. The first-order chi connectivity index (χ1) is 8.19. The summed E-state index contributed by atoms with van der Waals surface area (Å²) in [6.07, 6.45) is 4.08. The summed E-state index contributed by atoms with van der Waals surface area (Å²) in [5.41, 5.74) is 1.00. The molecule has 0 atom stereocenters. The van der Waals surface area contributed by atoms with E-state index in [9.17, 15) is 5.11 Å². The molecule has 0 aliphatic heterocycles. The molecule has 0 spiro atoms. The second-order valence-electron chi connectivity index (χ2n) is 4.57. The van der Waals surface area contributed by atoms with Gasteiger partial charge in [0.2, 0.25) is 0 Å². The van der Waals surface area contributed by atoms with Crippen LogP contribution in [0.5, 0.6) is 0 Å². The van der Waals surface area contributed by atoms with Crippen molar-refractivity contribution in [2.24, 2.45) is 0 Å². The van der Waals surface area contributed by atoms with Gasteiger partial charge in [0.1, 0.15) is 6.07 Å². The van der Waals surface area contributed by atoms with Crippen LogP contribution in [0.2, 0.25) is 5.02 Å². The third kappa shape index (κ3) is 2.54. The summed E-state index contributed by atoms with van der Waals surface area (Å²) < 4.78 is 0. The van der Waals surface area contributed by atoms with Crippen LogP contribution in [0, 0.1) is 11.3 Å².